The Morgan fingerprint density at radius 3 is 3.07 bits per heavy atom. The molecule has 0 aromatic carbocycles. The van der Waals surface area contributed by atoms with Gasteiger partial charge in [0.1, 0.15) is 11.8 Å². The van der Waals surface area contributed by atoms with Gasteiger partial charge in [-0.15, -0.1) is 0 Å². The highest BCUT2D eigenvalue weighted by Gasteiger charge is 1.99. The van der Waals surface area contributed by atoms with Gasteiger partial charge in [0.25, 0.3) is 0 Å². The van der Waals surface area contributed by atoms with Crippen molar-refractivity contribution in [3.63, 3.8) is 0 Å². The summed E-state index contributed by atoms with van der Waals surface area (Å²) in [6.07, 6.45) is 2.94. The molecular formula is C11H10N2S. The van der Waals surface area contributed by atoms with Crippen molar-refractivity contribution in [3.8, 4) is 6.07 Å². The van der Waals surface area contributed by atoms with E-state index in [2.05, 4.69) is 22.9 Å². The second kappa shape index (κ2) is 4.12. The molecule has 3 heteroatoms. The fraction of sp³-hybridized carbons (Fsp3) is 0.182. The fourth-order valence-corrected chi connectivity index (χ4v) is 2.10. The maximum Gasteiger partial charge on any atom is 0.120 e. The maximum atomic E-state index is 8.80. The number of nitrogens with zero attached hydrogens (tertiary/aromatic N) is 2. The molecule has 2 aromatic rings. The molecule has 2 nitrogen and oxygen atoms in total. The molecule has 0 fully saturated rings. The summed E-state index contributed by atoms with van der Waals surface area (Å²) >= 11 is 1.71. The quantitative estimate of drug-likeness (QED) is 0.752. The van der Waals surface area contributed by atoms with Gasteiger partial charge in [-0.3, -0.25) is 0 Å². The Morgan fingerprint density at radius 1 is 1.43 bits per heavy atom. The van der Waals surface area contributed by atoms with Gasteiger partial charge in [-0.1, -0.05) is 0 Å². The molecule has 0 aliphatic carbocycles. The molecular weight excluding hydrogens is 192 g/mol. The molecule has 0 atom stereocenters. The summed E-state index contributed by atoms with van der Waals surface area (Å²) < 4.78 is 1.98. The monoisotopic (exact) mass is 202 g/mol. The van der Waals surface area contributed by atoms with Crippen LogP contribution in [0.4, 0.5) is 0 Å². The summed E-state index contributed by atoms with van der Waals surface area (Å²) in [5, 5.41) is 13.0. The lowest BCUT2D eigenvalue weighted by molar-refractivity contribution is 0.694. The summed E-state index contributed by atoms with van der Waals surface area (Å²) in [6.45, 7) is 0.882. The Bertz CT molecular complexity index is 434. The molecule has 2 aromatic heterocycles. The number of aromatic nitrogens is 1. The van der Waals surface area contributed by atoms with Crippen LogP contribution in [0.3, 0.4) is 0 Å². The second-order valence-corrected chi connectivity index (χ2v) is 3.86. The van der Waals surface area contributed by atoms with E-state index in [0.717, 1.165) is 18.7 Å². The summed E-state index contributed by atoms with van der Waals surface area (Å²) in [5.74, 6) is 0. The minimum Gasteiger partial charge on any atom is -0.339 e. The van der Waals surface area contributed by atoms with Gasteiger partial charge in [-0.2, -0.15) is 16.6 Å². The standard InChI is InChI=1S/C11H10N2S/c12-8-11-2-1-5-13(11)6-3-10-4-7-14-9-10/h1-2,4-5,7,9H,3,6H2. The molecule has 14 heavy (non-hydrogen) atoms. The van der Waals surface area contributed by atoms with E-state index in [1.54, 1.807) is 11.3 Å². The van der Waals surface area contributed by atoms with E-state index in [-0.39, 0.29) is 0 Å². The third kappa shape index (κ3) is 1.86. The van der Waals surface area contributed by atoms with Gasteiger partial charge in [-0.25, -0.2) is 0 Å². The Kier molecular flexibility index (Phi) is 2.66. The second-order valence-electron chi connectivity index (χ2n) is 3.08. The summed E-state index contributed by atoms with van der Waals surface area (Å²) in [7, 11) is 0. The lowest BCUT2D eigenvalue weighted by Gasteiger charge is -2.02. The molecule has 0 aliphatic heterocycles. The van der Waals surface area contributed by atoms with Crippen LogP contribution in [0.2, 0.25) is 0 Å². The van der Waals surface area contributed by atoms with Crippen LogP contribution in [0, 0.1) is 11.3 Å². The number of aryl methyl sites for hydroxylation is 2. The van der Waals surface area contributed by atoms with E-state index in [0.29, 0.717) is 0 Å². The van der Waals surface area contributed by atoms with Crippen LogP contribution in [0.15, 0.2) is 35.2 Å². The first-order valence-corrected chi connectivity index (χ1v) is 5.41. The zero-order chi connectivity index (χ0) is 9.80. The first kappa shape index (κ1) is 9.04. The highest BCUT2D eigenvalue weighted by Crippen LogP contribution is 2.09. The minimum atomic E-state index is 0.736. The SMILES string of the molecule is N#Cc1cccn1CCc1ccsc1. The van der Waals surface area contributed by atoms with Crippen LogP contribution in [-0.2, 0) is 13.0 Å². The van der Waals surface area contributed by atoms with Crippen molar-refractivity contribution in [1.29, 1.82) is 5.26 Å². The molecule has 0 N–H and O–H groups in total. The van der Waals surface area contributed by atoms with E-state index >= 15 is 0 Å². The highest BCUT2D eigenvalue weighted by molar-refractivity contribution is 7.07. The smallest absolute Gasteiger partial charge is 0.120 e. The lowest BCUT2D eigenvalue weighted by atomic mass is 10.2. The molecule has 0 saturated carbocycles. The Balaban J connectivity index is 2.02. The topological polar surface area (TPSA) is 28.7 Å². The first-order valence-electron chi connectivity index (χ1n) is 4.46. The average molecular weight is 202 g/mol. The first-order chi connectivity index (χ1) is 6.90. The van der Waals surface area contributed by atoms with Crippen molar-refractivity contribution in [2.24, 2.45) is 0 Å². The number of nitriles is 1. The number of thiophene rings is 1. The minimum absolute atomic E-state index is 0.736. The van der Waals surface area contributed by atoms with Gasteiger partial charge in [0.2, 0.25) is 0 Å². The predicted molar refractivity (Wildman–Crippen MR) is 57.2 cm³/mol. The largest absolute Gasteiger partial charge is 0.339 e. The van der Waals surface area contributed by atoms with Crippen LogP contribution in [0.25, 0.3) is 0 Å². The van der Waals surface area contributed by atoms with Crippen LogP contribution in [-0.4, -0.2) is 4.57 Å². The van der Waals surface area contributed by atoms with E-state index in [1.165, 1.54) is 5.56 Å². The fourth-order valence-electron chi connectivity index (χ4n) is 1.40. The molecule has 0 amide bonds. The third-order valence-corrected chi connectivity index (χ3v) is 2.90. The van der Waals surface area contributed by atoms with Crippen molar-refractivity contribution < 1.29 is 0 Å². The van der Waals surface area contributed by atoms with Crippen LogP contribution < -0.4 is 0 Å². The van der Waals surface area contributed by atoms with E-state index in [9.17, 15) is 0 Å². The van der Waals surface area contributed by atoms with E-state index < -0.39 is 0 Å². The van der Waals surface area contributed by atoms with Gasteiger partial charge in [0.05, 0.1) is 0 Å². The van der Waals surface area contributed by atoms with E-state index in [4.69, 9.17) is 5.26 Å². The maximum absolute atomic E-state index is 8.80. The molecule has 0 bridgehead atoms. The molecule has 0 saturated heterocycles. The highest BCUT2D eigenvalue weighted by atomic mass is 32.1. The van der Waals surface area contributed by atoms with Crippen molar-refractivity contribution >= 4 is 11.3 Å². The van der Waals surface area contributed by atoms with Crippen molar-refractivity contribution in [2.45, 2.75) is 13.0 Å². The van der Waals surface area contributed by atoms with Gasteiger partial charge >= 0.3 is 0 Å². The van der Waals surface area contributed by atoms with Crippen molar-refractivity contribution in [1.82, 2.24) is 4.57 Å². The lowest BCUT2D eigenvalue weighted by Crippen LogP contribution is -2.01. The number of rotatable bonds is 3. The molecule has 2 heterocycles. The van der Waals surface area contributed by atoms with Crippen LogP contribution >= 0.6 is 11.3 Å². The Hall–Kier alpha value is -1.53. The van der Waals surface area contributed by atoms with Gasteiger partial charge < -0.3 is 4.57 Å². The molecule has 2 rings (SSSR count). The molecule has 0 unspecified atom stereocenters. The predicted octanol–water partition coefficient (Wildman–Crippen LogP) is 2.66. The zero-order valence-electron chi connectivity index (χ0n) is 7.68. The van der Waals surface area contributed by atoms with E-state index in [1.807, 2.05) is 22.9 Å². The number of hydrogen-bond acceptors (Lipinski definition) is 2. The zero-order valence-corrected chi connectivity index (χ0v) is 8.50. The molecule has 0 spiro atoms. The average Bonchev–Trinajstić information content (AvgIpc) is 2.85. The van der Waals surface area contributed by atoms with Crippen LogP contribution in [0.1, 0.15) is 11.3 Å². The Morgan fingerprint density at radius 2 is 2.36 bits per heavy atom. The van der Waals surface area contributed by atoms with Gasteiger partial charge in [0, 0.05) is 12.7 Å². The van der Waals surface area contributed by atoms with Gasteiger partial charge in [0.15, 0.2) is 0 Å². The van der Waals surface area contributed by atoms with Gasteiger partial charge in [-0.05, 0) is 40.9 Å². The number of hydrogen-bond donors (Lipinski definition) is 0. The van der Waals surface area contributed by atoms with Crippen LogP contribution in [0.5, 0.6) is 0 Å². The normalized spacial score (nSPS) is 9.93. The Labute approximate surface area is 87.0 Å². The molecule has 0 aliphatic rings. The summed E-state index contributed by atoms with van der Waals surface area (Å²) in [4.78, 5) is 0. The van der Waals surface area contributed by atoms with Crippen molar-refractivity contribution in [2.75, 3.05) is 0 Å². The third-order valence-electron chi connectivity index (χ3n) is 2.17. The summed E-state index contributed by atoms with van der Waals surface area (Å²) in [5.41, 5.74) is 2.08. The molecule has 70 valence electrons. The van der Waals surface area contributed by atoms with Crippen molar-refractivity contribution in [3.05, 3.63) is 46.4 Å². The molecule has 0 radical (unpaired) electrons. The summed E-state index contributed by atoms with van der Waals surface area (Å²) in [6, 6.07) is 8.05.